The topological polar surface area (TPSA) is 207 Å². The number of nitrogens with one attached hydrogen (secondary N) is 2. The zero-order chi connectivity index (χ0) is 21.9. The lowest BCUT2D eigenvalue weighted by molar-refractivity contribution is -0.297. The molecule has 10 atom stereocenters. The van der Waals surface area contributed by atoms with Crippen molar-refractivity contribution in [3.63, 3.8) is 0 Å². The average Bonchev–Trinajstić information content (AvgIpc) is 2.65. The quantitative estimate of drug-likeness (QED) is 0.202. The molecule has 0 radical (unpaired) electrons. The van der Waals surface area contributed by atoms with E-state index in [1.165, 1.54) is 13.8 Å². The highest BCUT2D eigenvalue weighted by atomic mass is 16.7. The number of ether oxygens (including phenoxy) is 3. The Morgan fingerprint density at radius 3 is 1.90 bits per heavy atom. The molecule has 0 aliphatic carbocycles. The molecule has 13 nitrogen and oxygen atoms in total. The van der Waals surface area contributed by atoms with Gasteiger partial charge in [0.2, 0.25) is 11.8 Å². The Hall–Kier alpha value is -1.42. The van der Waals surface area contributed by atoms with Crippen LogP contribution in [0.5, 0.6) is 0 Å². The summed E-state index contributed by atoms with van der Waals surface area (Å²) in [5, 5.41) is 64.4. The summed E-state index contributed by atoms with van der Waals surface area (Å²) in [4.78, 5) is 22.6. The van der Waals surface area contributed by atoms with Gasteiger partial charge in [-0.25, -0.2) is 0 Å². The van der Waals surface area contributed by atoms with Crippen LogP contribution in [0.3, 0.4) is 0 Å². The second-order valence-corrected chi connectivity index (χ2v) is 7.04. The number of hydrogen-bond donors (Lipinski definition) is 8. The normalized spacial score (nSPS) is 42.9. The van der Waals surface area contributed by atoms with Gasteiger partial charge in [0.05, 0.1) is 13.2 Å². The van der Waals surface area contributed by atoms with Crippen LogP contribution in [-0.4, -0.2) is 117 Å². The number of aliphatic hydroxyl groups is 6. The largest absolute Gasteiger partial charge is 0.394 e. The van der Waals surface area contributed by atoms with Crippen molar-refractivity contribution in [2.45, 2.75) is 75.1 Å². The number of carbonyl (C=O) groups excluding carboxylic acids is 2. The summed E-state index contributed by atoms with van der Waals surface area (Å²) in [5.74, 6) is -1.09. The minimum atomic E-state index is -1.64. The first-order chi connectivity index (χ1) is 13.6. The Morgan fingerprint density at radius 1 is 0.828 bits per heavy atom. The fourth-order valence-corrected chi connectivity index (χ4v) is 3.28. The molecule has 0 bridgehead atoms. The second-order valence-electron chi connectivity index (χ2n) is 7.04. The van der Waals surface area contributed by atoms with Gasteiger partial charge in [0.15, 0.2) is 12.6 Å². The van der Waals surface area contributed by atoms with Gasteiger partial charge in [-0.3, -0.25) is 9.59 Å². The Kier molecular flexibility index (Phi) is 8.28. The molecule has 13 heteroatoms. The van der Waals surface area contributed by atoms with E-state index < -0.39 is 86.3 Å². The maximum Gasteiger partial charge on any atom is 0.217 e. The number of aliphatic hydroxyl groups excluding tert-OH is 6. The Bertz CT molecular complexity index is 579. The molecule has 2 saturated heterocycles. The van der Waals surface area contributed by atoms with E-state index in [1.807, 2.05) is 0 Å². The summed E-state index contributed by atoms with van der Waals surface area (Å²) in [6.45, 7) is 1.26. The van der Waals surface area contributed by atoms with Crippen LogP contribution in [0.25, 0.3) is 0 Å². The van der Waals surface area contributed by atoms with Crippen LogP contribution in [0.1, 0.15) is 13.8 Å². The van der Waals surface area contributed by atoms with Gasteiger partial charge in [-0.15, -0.1) is 0 Å². The molecule has 0 unspecified atom stereocenters. The lowest BCUT2D eigenvalue weighted by atomic mass is 9.96. The molecule has 0 saturated carbocycles. The van der Waals surface area contributed by atoms with Crippen LogP contribution in [0.2, 0.25) is 0 Å². The van der Waals surface area contributed by atoms with Crippen molar-refractivity contribution in [3.05, 3.63) is 0 Å². The minimum Gasteiger partial charge on any atom is -0.394 e. The SMILES string of the molecule is CC(=O)N[C@@H]1[C@@H](O)[C@H](O)[C@@H](CO[C@H]2O[C@H](CO)[C@H](O)[C@H](O)[C@H]2NC(C)=O)O[C@@H]1O. The van der Waals surface area contributed by atoms with E-state index in [1.54, 1.807) is 0 Å². The van der Waals surface area contributed by atoms with Gasteiger partial charge in [0.1, 0.15) is 48.7 Å². The Morgan fingerprint density at radius 2 is 1.34 bits per heavy atom. The van der Waals surface area contributed by atoms with Crippen LogP contribution in [0, 0.1) is 0 Å². The monoisotopic (exact) mass is 424 g/mol. The highest BCUT2D eigenvalue weighted by Gasteiger charge is 2.48. The van der Waals surface area contributed by atoms with Crippen molar-refractivity contribution in [1.82, 2.24) is 10.6 Å². The molecule has 29 heavy (non-hydrogen) atoms. The summed E-state index contributed by atoms with van der Waals surface area (Å²) in [7, 11) is 0. The number of carbonyl (C=O) groups is 2. The van der Waals surface area contributed by atoms with Crippen molar-refractivity contribution in [3.8, 4) is 0 Å². The standard InChI is InChI=1S/C16H28N2O11/c1-5(20)17-9-13(24)12(23)8(28-15(9)26)4-27-16-10(18-6(2)21)14(25)11(22)7(3-19)29-16/h7-16,19,22-26H,3-4H2,1-2H3,(H,17,20)(H,18,21)/t7-,8-,9-,10-,11+,12-,13-,14-,15+,16+/m1/s1. The van der Waals surface area contributed by atoms with E-state index in [2.05, 4.69) is 10.6 Å². The van der Waals surface area contributed by atoms with Gasteiger partial charge in [-0.1, -0.05) is 0 Å². The lowest BCUT2D eigenvalue weighted by Gasteiger charge is -2.44. The summed E-state index contributed by atoms with van der Waals surface area (Å²) in [6.07, 6.45) is -11.5. The van der Waals surface area contributed by atoms with E-state index in [4.69, 9.17) is 14.2 Å². The predicted octanol–water partition coefficient (Wildman–Crippen LogP) is -5.11. The molecule has 2 aliphatic rings. The first-order valence-corrected chi connectivity index (χ1v) is 9.04. The first kappa shape index (κ1) is 23.9. The molecule has 0 aromatic carbocycles. The fourth-order valence-electron chi connectivity index (χ4n) is 3.28. The first-order valence-electron chi connectivity index (χ1n) is 9.04. The van der Waals surface area contributed by atoms with Crippen LogP contribution < -0.4 is 10.6 Å². The third kappa shape index (κ3) is 5.59. The minimum absolute atomic E-state index is 0.455. The van der Waals surface area contributed by atoms with E-state index >= 15 is 0 Å². The van der Waals surface area contributed by atoms with Crippen molar-refractivity contribution < 1.29 is 54.4 Å². The predicted molar refractivity (Wildman–Crippen MR) is 91.8 cm³/mol. The maximum absolute atomic E-state index is 11.4. The second kappa shape index (κ2) is 10.1. The van der Waals surface area contributed by atoms with Crippen molar-refractivity contribution in [1.29, 1.82) is 0 Å². The van der Waals surface area contributed by atoms with E-state index in [0.29, 0.717) is 0 Å². The van der Waals surface area contributed by atoms with Crippen LogP contribution in [0.4, 0.5) is 0 Å². The van der Waals surface area contributed by atoms with E-state index in [-0.39, 0.29) is 0 Å². The van der Waals surface area contributed by atoms with Crippen molar-refractivity contribution in [2.24, 2.45) is 0 Å². The molecule has 2 fully saturated rings. The lowest BCUT2D eigenvalue weighted by Crippen LogP contribution is -2.66. The van der Waals surface area contributed by atoms with Gasteiger partial charge in [-0.2, -0.15) is 0 Å². The molecule has 8 N–H and O–H groups in total. The average molecular weight is 424 g/mol. The van der Waals surface area contributed by atoms with Crippen LogP contribution in [-0.2, 0) is 23.8 Å². The molecular weight excluding hydrogens is 396 g/mol. The highest BCUT2D eigenvalue weighted by molar-refractivity contribution is 5.73. The van der Waals surface area contributed by atoms with E-state index in [9.17, 15) is 40.2 Å². The zero-order valence-corrected chi connectivity index (χ0v) is 15.9. The van der Waals surface area contributed by atoms with Gasteiger partial charge in [0, 0.05) is 13.8 Å². The van der Waals surface area contributed by atoms with Gasteiger partial charge < -0.3 is 55.5 Å². The molecule has 2 amide bonds. The molecule has 2 rings (SSSR count). The van der Waals surface area contributed by atoms with Gasteiger partial charge >= 0.3 is 0 Å². The smallest absolute Gasteiger partial charge is 0.217 e. The zero-order valence-electron chi connectivity index (χ0n) is 15.9. The third-order valence-electron chi connectivity index (χ3n) is 4.77. The van der Waals surface area contributed by atoms with Crippen molar-refractivity contribution >= 4 is 11.8 Å². The van der Waals surface area contributed by atoms with E-state index in [0.717, 1.165) is 0 Å². The number of hydrogen-bond acceptors (Lipinski definition) is 11. The molecular formula is C16H28N2O11. The summed E-state index contributed by atoms with van der Waals surface area (Å²) in [5.41, 5.74) is 0. The van der Waals surface area contributed by atoms with Crippen LogP contribution in [0.15, 0.2) is 0 Å². The molecule has 0 spiro atoms. The van der Waals surface area contributed by atoms with Gasteiger partial charge in [-0.05, 0) is 0 Å². The summed E-state index contributed by atoms with van der Waals surface area (Å²) < 4.78 is 16.0. The fraction of sp³-hybridized carbons (Fsp3) is 0.875. The van der Waals surface area contributed by atoms with Crippen molar-refractivity contribution in [2.75, 3.05) is 13.2 Å². The molecule has 0 aromatic rings. The Labute approximate surface area is 166 Å². The Balaban J connectivity index is 2.05. The molecule has 2 heterocycles. The summed E-state index contributed by atoms with van der Waals surface area (Å²) in [6, 6.07) is -2.46. The summed E-state index contributed by atoms with van der Waals surface area (Å²) >= 11 is 0. The van der Waals surface area contributed by atoms with Gasteiger partial charge in [0.25, 0.3) is 0 Å². The third-order valence-corrected chi connectivity index (χ3v) is 4.77. The molecule has 2 aliphatic heterocycles. The molecule has 0 aromatic heterocycles. The van der Waals surface area contributed by atoms with Crippen LogP contribution >= 0.6 is 0 Å². The maximum atomic E-state index is 11.4. The number of amides is 2. The molecule has 168 valence electrons. The number of rotatable bonds is 6. The highest BCUT2D eigenvalue weighted by Crippen LogP contribution is 2.25.